The molecule has 0 amide bonds. The number of nitrogen functional groups attached to an aromatic ring is 1. The predicted octanol–water partition coefficient (Wildman–Crippen LogP) is -0.808. The van der Waals surface area contributed by atoms with Gasteiger partial charge in [-0.25, -0.2) is 9.97 Å². The first-order valence-corrected chi connectivity index (χ1v) is 7.61. The van der Waals surface area contributed by atoms with Gasteiger partial charge in [0.25, 0.3) is 0 Å². The Bertz CT molecular complexity index is 816. The number of aromatic nitrogens is 4. The fourth-order valence-electron chi connectivity index (χ4n) is 3.06. The highest BCUT2D eigenvalue weighted by molar-refractivity contribution is 6.30. The number of imidazole rings is 1. The molecule has 9 nitrogen and oxygen atoms in total. The number of halogens is 1. The molecule has 2 unspecified atom stereocenters. The van der Waals surface area contributed by atoms with Gasteiger partial charge in [0.2, 0.25) is 5.95 Å². The van der Waals surface area contributed by atoms with Crippen molar-refractivity contribution in [3.8, 4) is 11.3 Å². The van der Waals surface area contributed by atoms with Crippen LogP contribution in [0.2, 0.25) is 0 Å². The second kappa shape index (κ2) is 6.16. The second-order valence-electron chi connectivity index (χ2n) is 5.72. The minimum atomic E-state index is -1.36. The first kappa shape index (κ1) is 16.9. The maximum absolute atomic E-state index is 9.98. The quantitative estimate of drug-likeness (QED) is 0.525. The van der Waals surface area contributed by atoms with E-state index in [-0.39, 0.29) is 12.6 Å². The number of hydrogen-bond donors (Lipinski definition) is 4. The topological polar surface area (TPSA) is 145 Å². The van der Waals surface area contributed by atoms with E-state index in [9.17, 15) is 10.2 Å². The fourth-order valence-corrected chi connectivity index (χ4v) is 3.22. The van der Waals surface area contributed by atoms with E-state index in [4.69, 9.17) is 27.8 Å². The van der Waals surface area contributed by atoms with Gasteiger partial charge in [0.15, 0.2) is 11.9 Å². The largest absolute Gasteiger partial charge is 0.396 e. The van der Waals surface area contributed by atoms with E-state index in [0.717, 1.165) is 0 Å². The van der Waals surface area contributed by atoms with Gasteiger partial charge in [0, 0.05) is 11.3 Å². The summed E-state index contributed by atoms with van der Waals surface area (Å²) in [6.07, 6.45) is 0.463. The zero-order chi connectivity index (χ0) is 17.5. The Morgan fingerprint density at radius 2 is 2.29 bits per heavy atom. The van der Waals surface area contributed by atoms with Crippen molar-refractivity contribution < 1.29 is 14.9 Å². The van der Waals surface area contributed by atoms with Crippen molar-refractivity contribution in [2.75, 3.05) is 12.3 Å². The van der Waals surface area contributed by atoms with Gasteiger partial charge in [-0.15, -0.1) is 0 Å². The average Bonchev–Trinajstić information content (AvgIpc) is 3.05. The van der Waals surface area contributed by atoms with E-state index >= 15 is 0 Å². The van der Waals surface area contributed by atoms with Crippen LogP contribution in [0.1, 0.15) is 13.2 Å². The minimum absolute atomic E-state index is 0.0686. The second-order valence-corrected chi connectivity index (χ2v) is 5.91. The van der Waals surface area contributed by atoms with Crippen molar-refractivity contribution in [1.29, 1.82) is 0 Å². The molecule has 0 bridgehead atoms. The normalized spacial score (nSPS) is 31.0. The zero-order valence-electron chi connectivity index (χ0n) is 12.8. The molecule has 128 valence electrons. The minimum Gasteiger partial charge on any atom is -0.396 e. The molecule has 2 aromatic rings. The molecular weight excluding hydrogens is 336 g/mol. The summed E-state index contributed by atoms with van der Waals surface area (Å²) >= 11 is 5.58. The Labute approximate surface area is 142 Å². The van der Waals surface area contributed by atoms with Crippen LogP contribution < -0.4 is 11.5 Å². The number of ether oxygens (including phenoxy) is 1. The van der Waals surface area contributed by atoms with E-state index in [1.165, 1.54) is 12.5 Å². The summed E-state index contributed by atoms with van der Waals surface area (Å²) in [4.78, 5) is 12.2. The Kier molecular flexibility index (Phi) is 4.33. The predicted molar refractivity (Wildman–Crippen MR) is 86.4 cm³/mol. The average molecular weight is 353 g/mol. The lowest BCUT2D eigenvalue weighted by Crippen LogP contribution is -2.52. The van der Waals surface area contributed by atoms with Crippen LogP contribution in [0.4, 0.5) is 5.95 Å². The van der Waals surface area contributed by atoms with Gasteiger partial charge >= 0.3 is 0 Å². The number of hydrogen-bond acceptors (Lipinski definition) is 8. The molecule has 3 rings (SSSR count). The van der Waals surface area contributed by atoms with Gasteiger partial charge in [0.05, 0.1) is 31.3 Å². The smallest absolute Gasteiger partial charge is 0.222 e. The van der Waals surface area contributed by atoms with Gasteiger partial charge in [-0.05, 0) is 18.5 Å². The highest BCUT2D eigenvalue weighted by Crippen LogP contribution is 2.42. The van der Waals surface area contributed by atoms with E-state index in [0.29, 0.717) is 11.2 Å². The summed E-state index contributed by atoms with van der Waals surface area (Å²) in [5.74, 6) is 2.11. The lowest BCUT2D eigenvalue weighted by Gasteiger charge is -2.29. The molecule has 2 aromatic heterocycles. The maximum Gasteiger partial charge on any atom is 0.222 e. The van der Waals surface area contributed by atoms with Crippen LogP contribution in [0.15, 0.2) is 12.5 Å². The molecule has 1 aliphatic rings. The highest BCUT2D eigenvalue weighted by atomic mass is 35.5. The van der Waals surface area contributed by atoms with Crippen LogP contribution in [0, 0.1) is 17.2 Å². The number of nitrogens with two attached hydrogens (primary N) is 2. The summed E-state index contributed by atoms with van der Waals surface area (Å²) in [6, 6.07) is 0. The van der Waals surface area contributed by atoms with E-state index < -0.39 is 29.9 Å². The molecule has 3 heterocycles. The molecule has 24 heavy (non-hydrogen) atoms. The Morgan fingerprint density at radius 3 is 2.92 bits per heavy atom. The molecule has 5 atom stereocenters. The van der Waals surface area contributed by atoms with Crippen molar-refractivity contribution in [1.82, 2.24) is 19.5 Å². The Hall–Kier alpha value is -1.96. The van der Waals surface area contributed by atoms with Crippen LogP contribution in [0.3, 0.4) is 0 Å². The van der Waals surface area contributed by atoms with Crippen molar-refractivity contribution >= 4 is 28.7 Å². The summed E-state index contributed by atoms with van der Waals surface area (Å²) < 4.78 is 7.47. The molecule has 1 saturated heterocycles. The number of anilines is 1. The Morgan fingerprint density at radius 1 is 1.54 bits per heavy atom. The van der Waals surface area contributed by atoms with Gasteiger partial charge in [-0.3, -0.25) is 4.57 Å². The number of rotatable bonds is 3. The van der Waals surface area contributed by atoms with Crippen molar-refractivity contribution in [2.45, 2.75) is 30.9 Å². The fraction of sp³-hybridized carbons (Fsp3) is 0.500. The molecular formula is C14H17ClN6O3. The lowest BCUT2D eigenvalue weighted by molar-refractivity contribution is -0.0676. The van der Waals surface area contributed by atoms with Gasteiger partial charge in [-0.1, -0.05) is 5.92 Å². The highest BCUT2D eigenvalue weighted by Gasteiger charge is 2.56. The maximum atomic E-state index is 9.98. The summed E-state index contributed by atoms with van der Waals surface area (Å²) in [7, 11) is 0. The Balaban J connectivity index is 2.16. The lowest BCUT2D eigenvalue weighted by atomic mass is 9.82. The van der Waals surface area contributed by atoms with Gasteiger partial charge < -0.3 is 26.4 Å². The molecule has 6 N–H and O–H groups in total. The SMILES string of the molecule is C[C@H](O)[C@H]1O[C@@H](n2cnc3cnc(N)nc32)C(N)(C#CCl)C1CO. The van der Waals surface area contributed by atoms with Crippen LogP contribution in [0.5, 0.6) is 0 Å². The van der Waals surface area contributed by atoms with Gasteiger partial charge in [0.1, 0.15) is 11.1 Å². The molecule has 1 aliphatic heterocycles. The first-order chi connectivity index (χ1) is 11.4. The summed E-state index contributed by atoms with van der Waals surface area (Å²) in [6.45, 7) is 1.22. The number of nitrogens with zero attached hydrogens (tertiary/aromatic N) is 4. The van der Waals surface area contributed by atoms with Crippen molar-refractivity contribution in [3.05, 3.63) is 12.5 Å². The number of aliphatic hydroxyl groups excluding tert-OH is 2. The van der Waals surface area contributed by atoms with Crippen LogP contribution in [-0.2, 0) is 4.74 Å². The molecule has 0 aromatic carbocycles. The van der Waals surface area contributed by atoms with E-state index in [1.54, 1.807) is 11.5 Å². The molecule has 1 fully saturated rings. The van der Waals surface area contributed by atoms with Crippen LogP contribution >= 0.6 is 11.6 Å². The first-order valence-electron chi connectivity index (χ1n) is 7.23. The zero-order valence-corrected chi connectivity index (χ0v) is 13.6. The van der Waals surface area contributed by atoms with E-state index in [1.807, 2.05) is 0 Å². The summed E-state index contributed by atoms with van der Waals surface area (Å²) in [5, 5.41) is 22.0. The van der Waals surface area contributed by atoms with Crippen molar-refractivity contribution in [2.24, 2.45) is 11.7 Å². The van der Waals surface area contributed by atoms with Crippen molar-refractivity contribution in [3.63, 3.8) is 0 Å². The third-order valence-corrected chi connectivity index (χ3v) is 4.32. The van der Waals surface area contributed by atoms with E-state index in [2.05, 4.69) is 26.3 Å². The third-order valence-electron chi connectivity index (χ3n) is 4.23. The van der Waals surface area contributed by atoms with Crippen LogP contribution in [0.25, 0.3) is 11.2 Å². The van der Waals surface area contributed by atoms with Gasteiger partial charge in [-0.2, -0.15) is 4.98 Å². The summed E-state index contributed by atoms with van der Waals surface area (Å²) in [5.41, 5.74) is 11.6. The molecule has 0 spiro atoms. The molecule has 10 heteroatoms. The monoisotopic (exact) mass is 352 g/mol. The molecule has 0 radical (unpaired) electrons. The molecule has 0 aliphatic carbocycles. The van der Waals surface area contributed by atoms with Crippen LogP contribution in [-0.4, -0.2) is 54.1 Å². The number of aliphatic hydroxyl groups is 2. The standard InChI is InChI=1S/C14H17ClN6O3/c1-7(23)10-8(5-22)14(17,2-3-15)12(24-10)21-6-19-9-4-18-13(16)20-11(9)21/h4,6-8,10,12,22-23H,5,17H2,1H3,(H2,16,18,20)/t7-,8?,10+,12+,14?/m0/s1. The molecule has 0 saturated carbocycles. The third kappa shape index (κ3) is 2.49. The number of fused-ring (bicyclic) bond motifs is 1.